The molecule has 0 fully saturated rings. The van der Waals surface area contributed by atoms with Crippen molar-refractivity contribution in [2.24, 2.45) is 0 Å². The largest absolute Gasteiger partial charge is 0.462 e. The van der Waals surface area contributed by atoms with Gasteiger partial charge >= 0.3 is 5.97 Å². The maximum Gasteiger partial charge on any atom is 0.333 e. The molecule has 0 aliphatic heterocycles. The minimum absolute atomic E-state index is 0.261. The zero-order valence-electron chi connectivity index (χ0n) is 16.3. The molecular weight excluding hydrogens is 296 g/mol. The summed E-state index contributed by atoms with van der Waals surface area (Å²) in [6, 6.07) is 0. The quantitative estimate of drug-likeness (QED) is 0.122. The van der Waals surface area contributed by atoms with Gasteiger partial charge in [0.15, 0.2) is 0 Å². The molecule has 0 unspecified atom stereocenters. The Balaban J connectivity index is 3.15. The van der Waals surface area contributed by atoms with Crippen LogP contribution in [0.15, 0.2) is 24.3 Å². The molecule has 0 atom stereocenters. The highest BCUT2D eigenvalue weighted by Crippen LogP contribution is 2.10. The van der Waals surface area contributed by atoms with Crippen LogP contribution < -0.4 is 0 Å². The second-order valence-corrected chi connectivity index (χ2v) is 6.85. The summed E-state index contributed by atoms with van der Waals surface area (Å²) in [6.45, 7) is 8.06. The molecule has 0 aromatic heterocycles. The second-order valence-electron chi connectivity index (χ2n) is 6.85. The van der Waals surface area contributed by atoms with Gasteiger partial charge in [0, 0.05) is 5.57 Å². The van der Waals surface area contributed by atoms with Gasteiger partial charge in [-0.15, -0.1) is 0 Å². The molecule has 0 aromatic carbocycles. The average Bonchev–Trinajstić information content (AvgIpc) is 2.57. The molecule has 0 bridgehead atoms. The van der Waals surface area contributed by atoms with Crippen LogP contribution in [-0.2, 0) is 9.53 Å². The van der Waals surface area contributed by atoms with Crippen molar-refractivity contribution in [2.75, 3.05) is 6.61 Å². The molecule has 140 valence electrons. The Hall–Kier alpha value is -1.05. The van der Waals surface area contributed by atoms with Gasteiger partial charge in [-0.05, 0) is 39.0 Å². The number of carbonyl (C=O) groups excluding carboxylic acids is 1. The van der Waals surface area contributed by atoms with E-state index >= 15 is 0 Å². The lowest BCUT2D eigenvalue weighted by atomic mass is 10.1. The summed E-state index contributed by atoms with van der Waals surface area (Å²) < 4.78 is 5.07. The summed E-state index contributed by atoms with van der Waals surface area (Å²) in [7, 11) is 0. The van der Waals surface area contributed by atoms with E-state index < -0.39 is 0 Å². The SMILES string of the molecule is C=C(C)C(=O)OCCCCCCCC/C=C/CCCCCCCC. The van der Waals surface area contributed by atoms with Crippen LogP contribution in [0.4, 0.5) is 0 Å². The van der Waals surface area contributed by atoms with Crippen molar-refractivity contribution in [3.05, 3.63) is 24.3 Å². The van der Waals surface area contributed by atoms with Crippen LogP contribution in [0.3, 0.4) is 0 Å². The van der Waals surface area contributed by atoms with Crippen molar-refractivity contribution >= 4 is 5.97 Å². The number of ether oxygens (including phenoxy) is 1. The van der Waals surface area contributed by atoms with Crippen molar-refractivity contribution < 1.29 is 9.53 Å². The van der Waals surface area contributed by atoms with Gasteiger partial charge < -0.3 is 4.74 Å². The fourth-order valence-electron chi connectivity index (χ4n) is 2.64. The third-order valence-corrected chi connectivity index (χ3v) is 4.24. The van der Waals surface area contributed by atoms with E-state index in [1.165, 1.54) is 77.0 Å². The molecule has 2 nitrogen and oxygen atoms in total. The maximum atomic E-state index is 11.2. The number of esters is 1. The third-order valence-electron chi connectivity index (χ3n) is 4.24. The first-order chi connectivity index (χ1) is 11.7. The number of hydrogen-bond acceptors (Lipinski definition) is 2. The predicted octanol–water partition coefficient (Wildman–Crippen LogP) is 7.14. The molecule has 0 saturated heterocycles. The minimum Gasteiger partial charge on any atom is -0.462 e. The van der Waals surface area contributed by atoms with E-state index in [1.54, 1.807) is 6.92 Å². The second kappa shape index (κ2) is 18.3. The fourth-order valence-corrected chi connectivity index (χ4v) is 2.64. The first kappa shape index (κ1) is 22.9. The predicted molar refractivity (Wildman–Crippen MR) is 105 cm³/mol. The van der Waals surface area contributed by atoms with E-state index in [-0.39, 0.29) is 5.97 Å². The molecule has 0 aliphatic carbocycles. The van der Waals surface area contributed by atoms with Crippen LogP contribution in [0.5, 0.6) is 0 Å². The highest BCUT2D eigenvalue weighted by atomic mass is 16.5. The molecule has 0 spiro atoms. The first-order valence-corrected chi connectivity index (χ1v) is 10.2. The standard InChI is InChI=1S/C22H40O2/c1-4-5-6-7-8-9-10-11-12-13-14-15-16-17-18-19-20-24-22(23)21(2)3/h11-12H,2,4-10,13-20H2,1,3H3/b12-11+. The van der Waals surface area contributed by atoms with Crippen molar-refractivity contribution in [1.82, 2.24) is 0 Å². The Morgan fingerprint density at radius 3 is 1.75 bits per heavy atom. The van der Waals surface area contributed by atoms with Gasteiger partial charge in [-0.3, -0.25) is 0 Å². The average molecular weight is 337 g/mol. The highest BCUT2D eigenvalue weighted by molar-refractivity contribution is 5.86. The van der Waals surface area contributed by atoms with Crippen molar-refractivity contribution in [1.29, 1.82) is 0 Å². The molecule has 0 N–H and O–H groups in total. The summed E-state index contributed by atoms with van der Waals surface area (Å²) in [5.41, 5.74) is 0.486. The Morgan fingerprint density at radius 2 is 1.25 bits per heavy atom. The molecule has 0 heterocycles. The number of allylic oxidation sites excluding steroid dienone is 2. The summed E-state index contributed by atoms with van der Waals surface area (Å²) in [5, 5.41) is 0. The summed E-state index contributed by atoms with van der Waals surface area (Å²) in [6.07, 6.45) is 22.8. The number of carbonyl (C=O) groups is 1. The fraction of sp³-hybridized carbons (Fsp3) is 0.773. The van der Waals surface area contributed by atoms with E-state index in [4.69, 9.17) is 4.74 Å². The summed E-state index contributed by atoms with van der Waals surface area (Å²) in [5.74, 6) is -0.261. The van der Waals surface area contributed by atoms with Crippen LogP contribution in [0, 0.1) is 0 Å². The molecule has 0 saturated carbocycles. The molecule has 0 aliphatic rings. The number of hydrogen-bond donors (Lipinski definition) is 0. The van der Waals surface area contributed by atoms with Gasteiger partial charge in [-0.2, -0.15) is 0 Å². The molecule has 24 heavy (non-hydrogen) atoms. The Morgan fingerprint density at radius 1 is 0.792 bits per heavy atom. The van der Waals surface area contributed by atoms with Crippen LogP contribution >= 0.6 is 0 Å². The van der Waals surface area contributed by atoms with Crippen molar-refractivity contribution in [2.45, 2.75) is 104 Å². The molecule has 0 aromatic rings. The van der Waals surface area contributed by atoms with Gasteiger partial charge in [-0.1, -0.05) is 83.4 Å². The van der Waals surface area contributed by atoms with E-state index in [0.717, 1.165) is 12.8 Å². The lowest BCUT2D eigenvalue weighted by Crippen LogP contribution is -2.05. The van der Waals surface area contributed by atoms with Crippen molar-refractivity contribution in [3.63, 3.8) is 0 Å². The van der Waals surface area contributed by atoms with Crippen molar-refractivity contribution in [3.8, 4) is 0 Å². The van der Waals surface area contributed by atoms with Crippen LogP contribution in [0.2, 0.25) is 0 Å². The van der Waals surface area contributed by atoms with Gasteiger partial charge in [0.2, 0.25) is 0 Å². The molecule has 0 radical (unpaired) electrons. The van der Waals surface area contributed by atoms with Gasteiger partial charge in [-0.25, -0.2) is 4.79 Å². The lowest BCUT2D eigenvalue weighted by molar-refractivity contribution is -0.139. The Bertz CT molecular complexity index is 331. The highest BCUT2D eigenvalue weighted by Gasteiger charge is 2.01. The smallest absolute Gasteiger partial charge is 0.333 e. The van der Waals surface area contributed by atoms with Crippen LogP contribution in [0.1, 0.15) is 104 Å². The normalized spacial score (nSPS) is 11.1. The van der Waals surface area contributed by atoms with E-state index in [9.17, 15) is 4.79 Å². The lowest BCUT2D eigenvalue weighted by Gasteiger charge is -2.04. The number of rotatable bonds is 17. The van der Waals surface area contributed by atoms with Gasteiger partial charge in [0.1, 0.15) is 0 Å². The van der Waals surface area contributed by atoms with Crippen LogP contribution in [-0.4, -0.2) is 12.6 Å². The minimum atomic E-state index is -0.261. The van der Waals surface area contributed by atoms with Gasteiger partial charge in [0.05, 0.1) is 6.61 Å². The molecule has 2 heteroatoms. The Labute approximate surface area is 150 Å². The summed E-state index contributed by atoms with van der Waals surface area (Å²) >= 11 is 0. The number of unbranched alkanes of at least 4 members (excludes halogenated alkanes) is 12. The monoisotopic (exact) mass is 336 g/mol. The molecular formula is C22H40O2. The zero-order valence-corrected chi connectivity index (χ0v) is 16.3. The van der Waals surface area contributed by atoms with E-state index in [0.29, 0.717) is 12.2 Å². The van der Waals surface area contributed by atoms with E-state index in [2.05, 4.69) is 25.7 Å². The Kier molecular flexibility index (Phi) is 17.5. The summed E-state index contributed by atoms with van der Waals surface area (Å²) in [4.78, 5) is 11.2. The van der Waals surface area contributed by atoms with Gasteiger partial charge in [0.25, 0.3) is 0 Å². The first-order valence-electron chi connectivity index (χ1n) is 10.2. The molecule has 0 amide bonds. The van der Waals surface area contributed by atoms with E-state index in [1.807, 2.05) is 0 Å². The third kappa shape index (κ3) is 17.3. The molecule has 0 rings (SSSR count). The van der Waals surface area contributed by atoms with Crippen LogP contribution in [0.25, 0.3) is 0 Å². The topological polar surface area (TPSA) is 26.3 Å². The maximum absolute atomic E-state index is 11.2. The zero-order chi connectivity index (χ0) is 17.9.